The number of rotatable bonds is 8. The van der Waals surface area contributed by atoms with E-state index in [2.05, 4.69) is 5.32 Å². The molecule has 7 nitrogen and oxygen atoms in total. The molecular weight excluding hydrogens is 454 g/mol. The van der Waals surface area contributed by atoms with Gasteiger partial charge in [-0.25, -0.2) is 9.69 Å². The summed E-state index contributed by atoms with van der Waals surface area (Å²) in [4.78, 5) is 39.0. The van der Waals surface area contributed by atoms with Crippen LogP contribution in [0.15, 0.2) is 72.4 Å². The van der Waals surface area contributed by atoms with Crippen molar-refractivity contribution in [3.63, 3.8) is 0 Å². The molecule has 2 aromatic carbocycles. The van der Waals surface area contributed by atoms with Crippen molar-refractivity contribution < 1.29 is 19.1 Å². The predicted octanol–water partition coefficient (Wildman–Crippen LogP) is 4.84. The van der Waals surface area contributed by atoms with Gasteiger partial charge in [-0.15, -0.1) is 0 Å². The molecular formula is C26H24ClN3O4. The number of halogens is 1. The molecule has 1 aliphatic rings. The summed E-state index contributed by atoms with van der Waals surface area (Å²) in [6.45, 7) is 3.13. The normalized spacial score (nSPS) is 15.1. The molecule has 4 rings (SSSR count). The number of imide groups is 2. The van der Waals surface area contributed by atoms with Gasteiger partial charge >= 0.3 is 6.03 Å². The molecule has 1 fully saturated rings. The predicted molar refractivity (Wildman–Crippen MR) is 131 cm³/mol. The third kappa shape index (κ3) is 5.21. The topological polar surface area (TPSA) is 80.6 Å². The van der Waals surface area contributed by atoms with E-state index in [0.29, 0.717) is 36.0 Å². The Morgan fingerprint density at radius 3 is 2.44 bits per heavy atom. The van der Waals surface area contributed by atoms with Crippen LogP contribution in [0.3, 0.4) is 0 Å². The molecule has 1 saturated heterocycles. The molecule has 3 aromatic rings. The van der Waals surface area contributed by atoms with Crippen LogP contribution in [0.25, 0.3) is 6.08 Å². The maximum atomic E-state index is 13.1. The molecule has 1 N–H and O–H groups in total. The number of anilines is 1. The maximum absolute atomic E-state index is 13.1. The van der Waals surface area contributed by atoms with Crippen molar-refractivity contribution in [2.75, 3.05) is 11.5 Å². The summed E-state index contributed by atoms with van der Waals surface area (Å²) in [5, 5.41) is 2.91. The summed E-state index contributed by atoms with van der Waals surface area (Å²) in [5.41, 5.74) is 2.07. The first-order valence-electron chi connectivity index (χ1n) is 11.0. The van der Waals surface area contributed by atoms with Crippen molar-refractivity contribution in [1.82, 2.24) is 9.88 Å². The summed E-state index contributed by atoms with van der Waals surface area (Å²) < 4.78 is 7.65. The Bertz CT molecular complexity index is 1230. The molecule has 0 unspecified atom stereocenters. The van der Waals surface area contributed by atoms with Gasteiger partial charge < -0.3 is 9.30 Å². The van der Waals surface area contributed by atoms with Crippen molar-refractivity contribution in [2.45, 2.75) is 26.3 Å². The molecule has 0 aliphatic carbocycles. The van der Waals surface area contributed by atoms with Gasteiger partial charge in [-0.2, -0.15) is 0 Å². The number of barbiturate groups is 1. The van der Waals surface area contributed by atoms with Crippen molar-refractivity contribution in [2.24, 2.45) is 0 Å². The SMILES string of the molecule is CCc1ccc(N2C(=O)NC(=O)/C(=C/c3cccn3CCCOc3ccc(Cl)cc3)C2=O)cc1. The standard InChI is InChI=1S/C26H24ClN3O4/c1-2-18-6-10-20(11-7-18)30-25(32)23(24(31)28-26(30)33)17-21-5-3-14-29(21)15-4-16-34-22-12-8-19(27)9-13-22/h3,5-14,17H,2,4,15-16H2,1H3,(H,28,31,33)/b23-17-. The average molecular weight is 478 g/mol. The number of nitrogens with one attached hydrogen (secondary N) is 1. The molecule has 2 heterocycles. The quantitative estimate of drug-likeness (QED) is 0.286. The van der Waals surface area contributed by atoms with E-state index >= 15 is 0 Å². The van der Waals surface area contributed by atoms with Gasteiger partial charge in [-0.05, 0) is 73.0 Å². The van der Waals surface area contributed by atoms with Gasteiger partial charge in [0.2, 0.25) is 0 Å². The van der Waals surface area contributed by atoms with E-state index in [1.165, 1.54) is 6.08 Å². The van der Waals surface area contributed by atoms with Crippen LogP contribution >= 0.6 is 11.6 Å². The minimum Gasteiger partial charge on any atom is -0.494 e. The van der Waals surface area contributed by atoms with Crippen LogP contribution in [-0.4, -0.2) is 29.0 Å². The minimum absolute atomic E-state index is 0.100. The molecule has 0 radical (unpaired) electrons. The van der Waals surface area contributed by atoms with Crippen LogP contribution < -0.4 is 15.0 Å². The highest BCUT2D eigenvalue weighted by atomic mass is 35.5. The summed E-state index contributed by atoms with van der Waals surface area (Å²) in [5.74, 6) is -0.632. The van der Waals surface area contributed by atoms with E-state index in [9.17, 15) is 14.4 Å². The van der Waals surface area contributed by atoms with E-state index in [1.807, 2.05) is 54.1 Å². The van der Waals surface area contributed by atoms with E-state index in [1.54, 1.807) is 24.3 Å². The lowest BCUT2D eigenvalue weighted by molar-refractivity contribution is -0.122. The zero-order chi connectivity index (χ0) is 24.1. The molecule has 1 aliphatic heterocycles. The van der Waals surface area contributed by atoms with Gasteiger partial charge in [-0.3, -0.25) is 14.9 Å². The molecule has 174 valence electrons. The molecule has 0 bridgehead atoms. The zero-order valence-electron chi connectivity index (χ0n) is 18.7. The highest BCUT2D eigenvalue weighted by molar-refractivity contribution is 6.39. The second-order valence-corrected chi connectivity index (χ2v) is 8.20. The number of aryl methyl sites for hydroxylation is 2. The Hall–Kier alpha value is -3.84. The van der Waals surface area contributed by atoms with Crippen LogP contribution in [0, 0.1) is 0 Å². The van der Waals surface area contributed by atoms with Crippen molar-refractivity contribution >= 4 is 41.2 Å². The lowest BCUT2D eigenvalue weighted by Gasteiger charge is -2.26. The number of urea groups is 1. The largest absolute Gasteiger partial charge is 0.494 e. The fraction of sp³-hybridized carbons (Fsp3) is 0.192. The van der Waals surface area contributed by atoms with Gasteiger partial charge in [0.1, 0.15) is 11.3 Å². The number of benzene rings is 2. The second-order valence-electron chi connectivity index (χ2n) is 7.76. The Balaban J connectivity index is 1.46. The number of amides is 4. The summed E-state index contributed by atoms with van der Waals surface area (Å²) in [6, 6.07) is 17.2. The molecule has 4 amide bonds. The van der Waals surface area contributed by atoms with Crippen molar-refractivity contribution in [3.8, 4) is 5.75 Å². The third-order valence-electron chi connectivity index (χ3n) is 5.49. The molecule has 34 heavy (non-hydrogen) atoms. The van der Waals surface area contributed by atoms with E-state index in [-0.39, 0.29) is 5.57 Å². The Kier molecular flexibility index (Phi) is 7.13. The molecule has 0 spiro atoms. The monoisotopic (exact) mass is 477 g/mol. The molecule has 8 heteroatoms. The first kappa shape index (κ1) is 23.3. The number of nitrogens with zero attached hydrogens (tertiary/aromatic N) is 2. The van der Waals surface area contributed by atoms with E-state index in [0.717, 1.165) is 22.6 Å². The highest BCUT2D eigenvalue weighted by Crippen LogP contribution is 2.23. The third-order valence-corrected chi connectivity index (χ3v) is 5.74. The first-order chi connectivity index (χ1) is 16.5. The number of carbonyl (C=O) groups excluding carboxylic acids is 3. The minimum atomic E-state index is -0.758. The lowest BCUT2D eigenvalue weighted by atomic mass is 10.1. The summed E-state index contributed by atoms with van der Waals surface area (Å²) in [7, 11) is 0. The number of aromatic nitrogens is 1. The Morgan fingerprint density at radius 1 is 1.00 bits per heavy atom. The van der Waals surface area contributed by atoms with Crippen LogP contribution in [0.2, 0.25) is 5.02 Å². The van der Waals surface area contributed by atoms with Crippen LogP contribution in [0.5, 0.6) is 5.75 Å². The van der Waals surface area contributed by atoms with E-state index < -0.39 is 17.8 Å². The number of ether oxygens (including phenoxy) is 1. The summed E-state index contributed by atoms with van der Waals surface area (Å²) in [6.07, 6.45) is 4.93. The molecule has 0 saturated carbocycles. The number of hydrogen-bond acceptors (Lipinski definition) is 4. The average Bonchev–Trinajstić information content (AvgIpc) is 3.28. The van der Waals surface area contributed by atoms with Gasteiger partial charge in [0, 0.05) is 23.5 Å². The number of carbonyl (C=O) groups is 3. The smallest absolute Gasteiger partial charge is 0.335 e. The van der Waals surface area contributed by atoms with Gasteiger partial charge in [0.15, 0.2) is 0 Å². The lowest BCUT2D eigenvalue weighted by Crippen LogP contribution is -2.54. The summed E-state index contributed by atoms with van der Waals surface area (Å²) >= 11 is 5.88. The van der Waals surface area contributed by atoms with E-state index in [4.69, 9.17) is 16.3 Å². The molecule has 0 atom stereocenters. The maximum Gasteiger partial charge on any atom is 0.335 e. The fourth-order valence-corrected chi connectivity index (χ4v) is 3.76. The van der Waals surface area contributed by atoms with Crippen molar-refractivity contribution in [3.05, 3.63) is 88.7 Å². The van der Waals surface area contributed by atoms with Crippen molar-refractivity contribution in [1.29, 1.82) is 0 Å². The Morgan fingerprint density at radius 2 is 1.74 bits per heavy atom. The number of hydrogen-bond donors (Lipinski definition) is 1. The first-order valence-corrected chi connectivity index (χ1v) is 11.4. The molecule has 1 aromatic heterocycles. The second kappa shape index (κ2) is 10.4. The highest BCUT2D eigenvalue weighted by Gasteiger charge is 2.36. The fourth-order valence-electron chi connectivity index (χ4n) is 3.64. The zero-order valence-corrected chi connectivity index (χ0v) is 19.4. The van der Waals surface area contributed by atoms with Gasteiger partial charge in [0.25, 0.3) is 11.8 Å². The van der Waals surface area contributed by atoms with Gasteiger partial charge in [0.05, 0.1) is 12.3 Å². The van der Waals surface area contributed by atoms with Crippen LogP contribution in [0.1, 0.15) is 24.6 Å². The van der Waals surface area contributed by atoms with Gasteiger partial charge in [-0.1, -0.05) is 30.7 Å². The van der Waals surface area contributed by atoms with Crippen LogP contribution in [0.4, 0.5) is 10.5 Å². The Labute approximate surface area is 202 Å². The van der Waals surface area contributed by atoms with Crippen LogP contribution in [-0.2, 0) is 22.6 Å².